The monoisotopic (exact) mass is 322 g/mol. The van der Waals surface area contributed by atoms with Crippen molar-refractivity contribution in [3.05, 3.63) is 83.4 Å². The second kappa shape index (κ2) is 6.62. The molecule has 0 aliphatic rings. The number of benzene rings is 2. The standard InChI is InChI=1S/C16H13BrF2/c17-11-1-2-16(12-3-7-14(18)8-4-12)13-5-9-15(19)10-6-13/h1-10,16H,11H2. The summed E-state index contributed by atoms with van der Waals surface area (Å²) in [5, 5.41) is 0.742. The van der Waals surface area contributed by atoms with E-state index in [0.29, 0.717) is 0 Å². The molecular weight excluding hydrogens is 310 g/mol. The van der Waals surface area contributed by atoms with Gasteiger partial charge in [0.15, 0.2) is 0 Å². The Morgan fingerprint density at radius 1 is 0.842 bits per heavy atom. The molecule has 2 rings (SSSR count). The van der Waals surface area contributed by atoms with Crippen LogP contribution in [0.2, 0.25) is 0 Å². The van der Waals surface area contributed by atoms with Gasteiger partial charge in [0.05, 0.1) is 0 Å². The van der Waals surface area contributed by atoms with Crippen molar-refractivity contribution in [1.29, 1.82) is 0 Å². The number of rotatable bonds is 4. The molecule has 0 saturated heterocycles. The molecule has 0 aliphatic carbocycles. The maximum absolute atomic E-state index is 13.0. The van der Waals surface area contributed by atoms with Crippen LogP contribution in [0.15, 0.2) is 60.7 Å². The van der Waals surface area contributed by atoms with Crippen LogP contribution in [-0.2, 0) is 0 Å². The zero-order valence-corrected chi connectivity index (χ0v) is 11.8. The number of alkyl halides is 1. The first-order valence-corrected chi connectivity index (χ1v) is 7.06. The molecule has 0 radical (unpaired) electrons. The molecule has 0 nitrogen and oxygen atoms in total. The highest BCUT2D eigenvalue weighted by atomic mass is 79.9. The summed E-state index contributed by atoms with van der Waals surface area (Å²) in [5.74, 6) is -0.518. The van der Waals surface area contributed by atoms with Gasteiger partial charge < -0.3 is 0 Å². The van der Waals surface area contributed by atoms with Gasteiger partial charge in [-0.05, 0) is 35.4 Å². The predicted octanol–water partition coefficient (Wildman–Crippen LogP) is 5.05. The summed E-state index contributed by atoms with van der Waals surface area (Å²) in [4.78, 5) is 0. The molecule has 3 heteroatoms. The molecule has 2 aromatic rings. The summed E-state index contributed by atoms with van der Waals surface area (Å²) in [6.07, 6.45) is 4.01. The third-order valence-electron chi connectivity index (χ3n) is 2.88. The molecule has 0 N–H and O–H groups in total. The van der Waals surface area contributed by atoms with Gasteiger partial charge in [0, 0.05) is 11.2 Å². The van der Waals surface area contributed by atoms with Gasteiger partial charge >= 0.3 is 0 Å². The minimum absolute atomic E-state index is 0.00116. The SMILES string of the molecule is Fc1ccc(C(C=CCBr)c2ccc(F)cc2)cc1. The fourth-order valence-electron chi connectivity index (χ4n) is 1.94. The first-order valence-electron chi connectivity index (χ1n) is 5.94. The molecule has 0 bridgehead atoms. The minimum Gasteiger partial charge on any atom is -0.207 e. The smallest absolute Gasteiger partial charge is 0.123 e. The first-order chi connectivity index (χ1) is 9.20. The van der Waals surface area contributed by atoms with E-state index < -0.39 is 0 Å². The van der Waals surface area contributed by atoms with Crippen LogP contribution in [0.5, 0.6) is 0 Å². The molecule has 0 spiro atoms. The molecule has 0 heterocycles. The van der Waals surface area contributed by atoms with Gasteiger partial charge in [-0.15, -0.1) is 0 Å². The van der Waals surface area contributed by atoms with E-state index in [1.165, 1.54) is 24.3 Å². The average Bonchev–Trinajstić information content (AvgIpc) is 2.43. The molecular formula is C16H13BrF2. The zero-order chi connectivity index (χ0) is 13.7. The van der Waals surface area contributed by atoms with Crippen molar-refractivity contribution in [1.82, 2.24) is 0 Å². The van der Waals surface area contributed by atoms with Gasteiger partial charge in [-0.2, -0.15) is 0 Å². The lowest BCUT2D eigenvalue weighted by Gasteiger charge is -2.14. The topological polar surface area (TPSA) is 0 Å². The molecule has 0 aromatic heterocycles. The van der Waals surface area contributed by atoms with Crippen LogP contribution in [-0.4, -0.2) is 5.33 Å². The second-order valence-corrected chi connectivity index (χ2v) is 4.81. The Morgan fingerprint density at radius 2 is 1.26 bits per heavy atom. The third kappa shape index (κ3) is 3.74. The van der Waals surface area contributed by atoms with E-state index in [2.05, 4.69) is 15.9 Å². The van der Waals surface area contributed by atoms with Gasteiger partial charge in [0.2, 0.25) is 0 Å². The quantitative estimate of drug-likeness (QED) is 0.546. The highest BCUT2D eigenvalue weighted by Crippen LogP contribution is 2.26. The van der Waals surface area contributed by atoms with E-state index >= 15 is 0 Å². The van der Waals surface area contributed by atoms with E-state index in [-0.39, 0.29) is 17.6 Å². The van der Waals surface area contributed by atoms with E-state index in [4.69, 9.17) is 0 Å². The average molecular weight is 323 g/mol. The Bertz CT molecular complexity index is 498. The fraction of sp³-hybridized carbons (Fsp3) is 0.125. The number of hydrogen-bond donors (Lipinski definition) is 0. The van der Waals surface area contributed by atoms with Crippen LogP contribution < -0.4 is 0 Å². The lowest BCUT2D eigenvalue weighted by atomic mass is 9.91. The summed E-state index contributed by atoms with van der Waals surface area (Å²) in [6.45, 7) is 0. The Labute approximate surface area is 119 Å². The molecule has 0 aliphatic heterocycles. The number of halogens is 3. The van der Waals surface area contributed by atoms with Crippen molar-refractivity contribution in [3.8, 4) is 0 Å². The molecule has 0 fully saturated rings. The number of hydrogen-bond acceptors (Lipinski definition) is 0. The van der Waals surface area contributed by atoms with Crippen molar-refractivity contribution < 1.29 is 8.78 Å². The fourth-order valence-corrected chi connectivity index (χ4v) is 2.16. The second-order valence-electron chi connectivity index (χ2n) is 4.16. The Morgan fingerprint density at radius 3 is 1.63 bits per heavy atom. The summed E-state index contributed by atoms with van der Waals surface area (Å²) >= 11 is 3.34. The van der Waals surface area contributed by atoms with E-state index in [1.807, 2.05) is 12.2 Å². The first kappa shape index (κ1) is 13.9. The van der Waals surface area contributed by atoms with Crippen molar-refractivity contribution in [2.75, 3.05) is 5.33 Å². The Kier molecular flexibility index (Phi) is 4.86. The molecule has 2 aromatic carbocycles. The van der Waals surface area contributed by atoms with Gasteiger partial charge in [-0.25, -0.2) is 8.78 Å². The molecule has 0 saturated carbocycles. The molecule has 0 unspecified atom stereocenters. The largest absolute Gasteiger partial charge is 0.207 e. The highest BCUT2D eigenvalue weighted by molar-refractivity contribution is 9.09. The van der Waals surface area contributed by atoms with Crippen molar-refractivity contribution in [2.24, 2.45) is 0 Å². The van der Waals surface area contributed by atoms with Crippen LogP contribution in [0.25, 0.3) is 0 Å². The van der Waals surface area contributed by atoms with Crippen LogP contribution >= 0.6 is 15.9 Å². The minimum atomic E-state index is -0.258. The summed E-state index contributed by atoms with van der Waals surface area (Å²) in [6, 6.07) is 12.8. The number of allylic oxidation sites excluding steroid dienone is 2. The predicted molar refractivity (Wildman–Crippen MR) is 77.6 cm³/mol. The van der Waals surface area contributed by atoms with Gasteiger partial charge in [-0.1, -0.05) is 52.3 Å². The maximum Gasteiger partial charge on any atom is 0.123 e. The van der Waals surface area contributed by atoms with Crippen molar-refractivity contribution >= 4 is 15.9 Å². The normalized spacial score (nSPS) is 11.4. The summed E-state index contributed by atoms with van der Waals surface area (Å²) < 4.78 is 26.0. The highest BCUT2D eigenvalue weighted by Gasteiger charge is 2.11. The van der Waals surface area contributed by atoms with Crippen LogP contribution in [0, 0.1) is 11.6 Å². The third-order valence-corrected chi connectivity index (χ3v) is 3.25. The van der Waals surface area contributed by atoms with Gasteiger partial charge in [0.25, 0.3) is 0 Å². The maximum atomic E-state index is 13.0. The Hall–Kier alpha value is -1.48. The van der Waals surface area contributed by atoms with Crippen molar-refractivity contribution in [3.63, 3.8) is 0 Å². The molecule has 0 amide bonds. The Balaban J connectivity index is 2.38. The van der Waals surface area contributed by atoms with Gasteiger partial charge in [0.1, 0.15) is 11.6 Å². The summed E-state index contributed by atoms with van der Waals surface area (Å²) in [7, 11) is 0. The lowest BCUT2D eigenvalue weighted by Crippen LogP contribution is -1.98. The van der Waals surface area contributed by atoms with E-state index in [9.17, 15) is 8.78 Å². The van der Waals surface area contributed by atoms with Crippen LogP contribution in [0.4, 0.5) is 8.78 Å². The van der Waals surface area contributed by atoms with Crippen molar-refractivity contribution in [2.45, 2.75) is 5.92 Å². The summed E-state index contributed by atoms with van der Waals surface area (Å²) in [5.41, 5.74) is 1.95. The lowest BCUT2D eigenvalue weighted by molar-refractivity contribution is 0.626. The molecule has 98 valence electrons. The molecule has 19 heavy (non-hydrogen) atoms. The van der Waals surface area contributed by atoms with E-state index in [1.54, 1.807) is 24.3 Å². The van der Waals surface area contributed by atoms with Crippen LogP contribution in [0.1, 0.15) is 17.0 Å². The van der Waals surface area contributed by atoms with Crippen LogP contribution in [0.3, 0.4) is 0 Å². The van der Waals surface area contributed by atoms with Gasteiger partial charge in [-0.3, -0.25) is 0 Å². The zero-order valence-electron chi connectivity index (χ0n) is 10.2. The molecule has 0 atom stereocenters. The van der Waals surface area contributed by atoms with E-state index in [0.717, 1.165) is 16.5 Å².